The smallest absolute Gasteiger partial charge is 0.187 e. The monoisotopic (exact) mass is 609 g/mol. The van der Waals surface area contributed by atoms with E-state index in [0.29, 0.717) is 19.3 Å². The molecule has 1 aliphatic carbocycles. The Morgan fingerprint density at radius 3 is 2.02 bits per heavy atom. The van der Waals surface area contributed by atoms with E-state index in [0.717, 1.165) is 0 Å². The molecule has 4 aliphatic rings. The zero-order valence-corrected chi connectivity index (χ0v) is 24.2. The standard InChI is InChI=1S/C26H51N5O11/c1-3-10(28)14-5-4-11(29)25(37-14)40-21-13(31)6-12(30)18(34)23(21)42-26-20(36)22(16(8-32)39-26)41-24-9(2)17(33)19(35)15(7-27)38-24/h9-26,32-36H,3-8,27-31H2,1-2H3/t9-,10+,11-,12-,13+,14+,15+,16-,17-,18+,19-,20-,21-,22-,23-,24-,25-,26+/m1/s1. The predicted octanol–water partition coefficient (Wildman–Crippen LogP) is -4.75. The Bertz CT molecular complexity index is 850. The molecule has 0 radical (unpaired) electrons. The van der Waals surface area contributed by atoms with Gasteiger partial charge >= 0.3 is 0 Å². The summed E-state index contributed by atoms with van der Waals surface area (Å²) in [5, 5.41) is 52.9. The van der Waals surface area contributed by atoms with Crippen molar-refractivity contribution in [1.29, 1.82) is 0 Å². The number of aliphatic hydroxyl groups excluding tert-OH is 5. The van der Waals surface area contributed by atoms with Crippen LogP contribution < -0.4 is 28.7 Å². The topological polar surface area (TPSA) is 287 Å². The molecule has 0 bridgehead atoms. The number of rotatable bonds is 10. The van der Waals surface area contributed by atoms with Crippen LogP contribution in [0.3, 0.4) is 0 Å². The lowest BCUT2D eigenvalue weighted by Crippen LogP contribution is -2.65. The molecule has 4 rings (SSSR count). The van der Waals surface area contributed by atoms with E-state index < -0.39 is 104 Å². The first-order valence-electron chi connectivity index (χ1n) is 14.9. The van der Waals surface area contributed by atoms with Gasteiger partial charge in [0.05, 0.1) is 31.0 Å². The van der Waals surface area contributed by atoms with Crippen LogP contribution in [0.25, 0.3) is 0 Å². The van der Waals surface area contributed by atoms with Crippen molar-refractivity contribution in [3.05, 3.63) is 0 Å². The Morgan fingerprint density at radius 2 is 1.38 bits per heavy atom. The largest absolute Gasteiger partial charge is 0.394 e. The molecule has 0 amide bonds. The second-order valence-corrected chi connectivity index (χ2v) is 12.0. The maximum atomic E-state index is 11.2. The maximum Gasteiger partial charge on any atom is 0.187 e. The first-order valence-corrected chi connectivity index (χ1v) is 14.9. The van der Waals surface area contributed by atoms with Gasteiger partial charge in [-0.15, -0.1) is 0 Å². The summed E-state index contributed by atoms with van der Waals surface area (Å²) in [5.74, 6) is -0.701. The Balaban J connectivity index is 1.48. The first kappa shape index (κ1) is 34.2. The van der Waals surface area contributed by atoms with Gasteiger partial charge in [0, 0.05) is 30.6 Å². The highest BCUT2D eigenvalue weighted by molar-refractivity contribution is 5.01. The minimum atomic E-state index is -1.47. The van der Waals surface area contributed by atoms with Crippen LogP contribution in [0, 0.1) is 5.92 Å². The summed E-state index contributed by atoms with van der Waals surface area (Å²) in [6, 6.07) is -2.12. The van der Waals surface area contributed by atoms with Crippen molar-refractivity contribution in [3.8, 4) is 0 Å². The summed E-state index contributed by atoms with van der Waals surface area (Å²) in [6.07, 6.45) is -11.8. The van der Waals surface area contributed by atoms with Crippen molar-refractivity contribution < 1.29 is 54.0 Å². The molecular formula is C26H51N5O11. The van der Waals surface area contributed by atoms with Gasteiger partial charge < -0.3 is 82.6 Å². The second-order valence-electron chi connectivity index (χ2n) is 12.0. The molecule has 16 heteroatoms. The van der Waals surface area contributed by atoms with Crippen LogP contribution in [0.2, 0.25) is 0 Å². The number of ether oxygens (including phenoxy) is 6. The van der Waals surface area contributed by atoms with Crippen LogP contribution >= 0.6 is 0 Å². The van der Waals surface area contributed by atoms with Gasteiger partial charge in [0.25, 0.3) is 0 Å². The molecule has 42 heavy (non-hydrogen) atoms. The van der Waals surface area contributed by atoms with E-state index in [9.17, 15) is 25.5 Å². The molecule has 4 fully saturated rings. The average Bonchev–Trinajstić information content (AvgIpc) is 3.27. The fourth-order valence-corrected chi connectivity index (χ4v) is 6.17. The summed E-state index contributed by atoms with van der Waals surface area (Å²) < 4.78 is 35.9. The third-order valence-corrected chi connectivity index (χ3v) is 9.04. The summed E-state index contributed by atoms with van der Waals surface area (Å²) in [5.41, 5.74) is 30.8. The summed E-state index contributed by atoms with van der Waals surface area (Å²) in [7, 11) is 0. The van der Waals surface area contributed by atoms with E-state index in [1.165, 1.54) is 0 Å². The third-order valence-electron chi connectivity index (χ3n) is 9.04. The van der Waals surface area contributed by atoms with Crippen molar-refractivity contribution in [2.75, 3.05) is 13.2 Å². The summed E-state index contributed by atoms with van der Waals surface area (Å²) >= 11 is 0. The fourth-order valence-electron chi connectivity index (χ4n) is 6.17. The van der Waals surface area contributed by atoms with Crippen molar-refractivity contribution in [3.63, 3.8) is 0 Å². The minimum absolute atomic E-state index is 0.0787. The third kappa shape index (κ3) is 7.09. The Kier molecular flexibility index (Phi) is 11.9. The summed E-state index contributed by atoms with van der Waals surface area (Å²) in [6.45, 7) is 2.94. The molecular weight excluding hydrogens is 558 g/mol. The van der Waals surface area contributed by atoms with Crippen molar-refractivity contribution in [2.24, 2.45) is 34.6 Å². The molecule has 0 unspecified atom stereocenters. The Morgan fingerprint density at radius 1 is 0.738 bits per heavy atom. The molecule has 16 nitrogen and oxygen atoms in total. The van der Waals surface area contributed by atoms with E-state index in [2.05, 4.69) is 0 Å². The molecule has 0 aromatic heterocycles. The fraction of sp³-hybridized carbons (Fsp3) is 1.00. The first-order chi connectivity index (χ1) is 19.9. The van der Waals surface area contributed by atoms with Crippen LogP contribution in [-0.2, 0) is 28.4 Å². The van der Waals surface area contributed by atoms with Gasteiger partial charge in [-0.25, -0.2) is 0 Å². The van der Waals surface area contributed by atoms with Gasteiger partial charge in [-0.3, -0.25) is 0 Å². The highest BCUT2D eigenvalue weighted by atomic mass is 16.8. The van der Waals surface area contributed by atoms with Crippen molar-refractivity contribution in [2.45, 2.75) is 144 Å². The second kappa shape index (κ2) is 14.6. The van der Waals surface area contributed by atoms with Gasteiger partial charge in [-0.2, -0.15) is 0 Å². The zero-order valence-electron chi connectivity index (χ0n) is 24.2. The number of hydrogen-bond acceptors (Lipinski definition) is 16. The van der Waals surface area contributed by atoms with E-state index >= 15 is 0 Å². The molecule has 18 atom stereocenters. The van der Waals surface area contributed by atoms with Crippen LogP contribution in [0.15, 0.2) is 0 Å². The van der Waals surface area contributed by atoms with Crippen LogP contribution in [-0.4, -0.2) is 143 Å². The maximum absolute atomic E-state index is 11.2. The lowest BCUT2D eigenvalue weighted by atomic mass is 9.84. The van der Waals surface area contributed by atoms with E-state index in [4.69, 9.17) is 57.1 Å². The van der Waals surface area contributed by atoms with Gasteiger partial charge in [0.15, 0.2) is 18.9 Å². The highest BCUT2D eigenvalue weighted by Crippen LogP contribution is 2.35. The van der Waals surface area contributed by atoms with Gasteiger partial charge in [0.1, 0.15) is 42.7 Å². The Labute approximate surface area is 245 Å². The van der Waals surface area contributed by atoms with Gasteiger partial charge in [0.2, 0.25) is 0 Å². The number of aliphatic hydroxyl groups is 5. The SMILES string of the molecule is CC[C@H](N)[C@@H]1CC[C@@H](N)[C@@H](O[C@H]2[C@H](O[C@@H]3O[C@H](CO)[C@@H](O[C@H]4O[C@@H](CN)[C@@H](O)[C@H](O)[C@H]4C)[C@H]3O)[C@@H](O)[C@H](N)C[C@@H]2N)O1. The van der Waals surface area contributed by atoms with Crippen LogP contribution in [0.4, 0.5) is 0 Å². The predicted molar refractivity (Wildman–Crippen MR) is 146 cm³/mol. The van der Waals surface area contributed by atoms with E-state index in [-0.39, 0.29) is 25.1 Å². The van der Waals surface area contributed by atoms with E-state index in [1.54, 1.807) is 6.92 Å². The summed E-state index contributed by atoms with van der Waals surface area (Å²) in [4.78, 5) is 0. The zero-order chi connectivity index (χ0) is 30.9. The average molecular weight is 610 g/mol. The van der Waals surface area contributed by atoms with Gasteiger partial charge in [-0.1, -0.05) is 13.8 Å². The lowest BCUT2D eigenvalue weighted by Gasteiger charge is -2.46. The molecule has 246 valence electrons. The molecule has 0 aromatic carbocycles. The molecule has 3 aliphatic heterocycles. The molecule has 0 aromatic rings. The number of nitrogens with two attached hydrogens (primary N) is 5. The number of hydrogen-bond donors (Lipinski definition) is 10. The van der Waals surface area contributed by atoms with Crippen molar-refractivity contribution >= 4 is 0 Å². The van der Waals surface area contributed by atoms with Crippen LogP contribution in [0.1, 0.15) is 39.5 Å². The van der Waals surface area contributed by atoms with Gasteiger partial charge in [-0.05, 0) is 25.7 Å². The molecule has 3 saturated heterocycles. The van der Waals surface area contributed by atoms with Crippen LogP contribution in [0.5, 0.6) is 0 Å². The normalized spacial score (nSPS) is 51.0. The molecule has 1 saturated carbocycles. The molecule has 3 heterocycles. The molecule has 0 spiro atoms. The van der Waals surface area contributed by atoms with E-state index in [1.807, 2.05) is 6.92 Å². The molecule has 15 N–H and O–H groups in total. The quantitative estimate of drug-likeness (QED) is 0.111. The van der Waals surface area contributed by atoms with Crippen molar-refractivity contribution in [1.82, 2.24) is 0 Å². The minimum Gasteiger partial charge on any atom is -0.394 e. The lowest BCUT2D eigenvalue weighted by molar-refractivity contribution is -0.297. The highest BCUT2D eigenvalue weighted by Gasteiger charge is 2.53. The Hall–Kier alpha value is -0.640.